The zero-order chi connectivity index (χ0) is 35.6. The number of hydrogen-bond acceptors (Lipinski definition) is 7. The van der Waals surface area contributed by atoms with Gasteiger partial charge in [0.15, 0.2) is 11.1 Å². The fourth-order valence-corrected chi connectivity index (χ4v) is 7.01. The Labute approximate surface area is 282 Å². The number of halogens is 6. The van der Waals surface area contributed by atoms with Gasteiger partial charge < -0.3 is 24.8 Å². The molecule has 10 nitrogen and oxygen atoms in total. The van der Waals surface area contributed by atoms with Crippen LogP contribution in [0.15, 0.2) is 60.8 Å². The Hall–Kier alpha value is -4.70. The number of benzene rings is 2. The molecule has 16 heteroatoms. The van der Waals surface area contributed by atoms with Gasteiger partial charge >= 0.3 is 12.2 Å². The zero-order valence-corrected chi connectivity index (χ0v) is 26.8. The SMILES string of the molecule is CN1CCN(c2ccc(-c3ccc4c(c3)C(F)(F)C[C@]43NC(=O)N(CC(=O)N(Cc4ccc(F)cc4)C4(C(F)(F)F)COC4)C3=O)cn2)CC1. The lowest BCUT2D eigenvalue weighted by Gasteiger charge is -2.50. The van der Waals surface area contributed by atoms with Gasteiger partial charge in [-0.15, -0.1) is 0 Å². The van der Waals surface area contributed by atoms with Crippen molar-refractivity contribution in [2.75, 3.05) is 57.9 Å². The Balaban J connectivity index is 1.14. The Morgan fingerprint density at radius 2 is 1.64 bits per heavy atom. The van der Waals surface area contributed by atoms with Gasteiger partial charge in [-0.25, -0.2) is 22.9 Å². The van der Waals surface area contributed by atoms with Crippen LogP contribution in [0.25, 0.3) is 11.1 Å². The van der Waals surface area contributed by atoms with Crippen molar-refractivity contribution in [2.45, 2.75) is 36.1 Å². The summed E-state index contributed by atoms with van der Waals surface area (Å²) in [6, 6.07) is 10.9. The maximum absolute atomic E-state index is 15.7. The van der Waals surface area contributed by atoms with Crippen LogP contribution in [-0.4, -0.2) is 102 Å². The second-order valence-electron chi connectivity index (χ2n) is 13.2. The molecule has 3 fully saturated rings. The van der Waals surface area contributed by atoms with Crippen molar-refractivity contribution in [3.05, 3.63) is 83.3 Å². The predicted octanol–water partition coefficient (Wildman–Crippen LogP) is 4.24. The Kier molecular flexibility index (Phi) is 8.09. The molecule has 0 radical (unpaired) electrons. The minimum atomic E-state index is -4.97. The van der Waals surface area contributed by atoms with Gasteiger partial charge in [0.25, 0.3) is 11.8 Å². The highest BCUT2D eigenvalue weighted by Gasteiger charge is 2.67. The van der Waals surface area contributed by atoms with Gasteiger partial charge in [0.1, 0.15) is 18.2 Å². The molecule has 3 saturated heterocycles. The highest BCUT2D eigenvalue weighted by molar-refractivity contribution is 6.10. The molecule has 1 aromatic heterocycles. The number of ether oxygens (including phenoxy) is 1. The molecule has 3 aliphatic heterocycles. The van der Waals surface area contributed by atoms with E-state index in [0.29, 0.717) is 20.9 Å². The van der Waals surface area contributed by atoms with Crippen LogP contribution >= 0.6 is 0 Å². The number of urea groups is 1. The van der Waals surface area contributed by atoms with E-state index >= 15 is 8.78 Å². The molecule has 1 atom stereocenters. The summed E-state index contributed by atoms with van der Waals surface area (Å²) < 4.78 is 92.9. The monoisotopic (exact) mass is 702 g/mol. The van der Waals surface area contributed by atoms with Crippen LogP contribution < -0.4 is 10.2 Å². The molecule has 1 aliphatic carbocycles. The number of aromatic nitrogens is 1. The van der Waals surface area contributed by atoms with Crippen molar-refractivity contribution >= 4 is 23.7 Å². The smallest absolute Gasteiger partial charge is 0.376 e. The molecule has 1 N–H and O–H groups in total. The van der Waals surface area contributed by atoms with Gasteiger partial charge in [-0.05, 0) is 54.1 Å². The van der Waals surface area contributed by atoms with Crippen molar-refractivity contribution < 1.29 is 45.5 Å². The van der Waals surface area contributed by atoms with E-state index < -0.39 is 85.1 Å². The van der Waals surface area contributed by atoms with E-state index in [1.807, 2.05) is 7.05 Å². The van der Waals surface area contributed by atoms with Crippen LogP contribution in [0, 0.1) is 5.82 Å². The number of piperazine rings is 1. The van der Waals surface area contributed by atoms with Crippen LogP contribution in [0.3, 0.4) is 0 Å². The number of alkyl halides is 5. The number of anilines is 1. The summed E-state index contributed by atoms with van der Waals surface area (Å²) in [7, 11) is 2.03. The minimum absolute atomic E-state index is 0.147. The lowest BCUT2D eigenvalue weighted by Crippen LogP contribution is -2.72. The summed E-state index contributed by atoms with van der Waals surface area (Å²) in [6.45, 7) is -0.258. The summed E-state index contributed by atoms with van der Waals surface area (Å²) in [5.74, 6) is -5.94. The van der Waals surface area contributed by atoms with E-state index in [1.54, 1.807) is 18.3 Å². The Morgan fingerprint density at radius 1 is 0.960 bits per heavy atom. The number of fused-ring (bicyclic) bond motifs is 2. The first-order valence-electron chi connectivity index (χ1n) is 15.9. The maximum Gasteiger partial charge on any atom is 0.416 e. The molecule has 1 spiro atoms. The Morgan fingerprint density at radius 3 is 2.24 bits per heavy atom. The molecule has 0 saturated carbocycles. The average molecular weight is 703 g/mol. The van der Waals surface area contributed by atoms with Gasteiger partial charge in [0, 0.05) is 50.0 Å². The van der Waals surface area contributed by atoms with E-state index in [1.165, 1.54) is 30.3 Å². The van der Waals surface area contributed by atoms with Crippen LogP contribution in [0.1, 0.15) is 23.1 Å². The van der Waals surface area contributed by atoms with E-state index in [9.17, 15) is 31.9 Å². The van der Waals surface area contributed by atoms with Gasteiger partial charge in [0.2, 0.25) is 5.91 Å². The summed E-state index contributed by atoms with van der Waals surface area (Å²) in [4.78, 5) is 50.4. The number of likely N-dealkylation sites (N-methyl/N-ethyl adjacent to an activating group) is 1. The molecule has 4 aliphatic rings. The summed E-state index contributed by atoms with van der Waals surface area (Å²) in [6.07, 6.45) is -4.54. The number of nitrogens with one attached hydrogen (secondary N) is 1. The van der Waals surface area contributed by atoms with Gasteiger partial charge in [-0.3, -0.25) is 14.5 Å². The third-order valence-corrected chi connectivity index (χ3v) is 10.0. The summed E-state index contributed by atoms with van der Waals surface area (Å²) in [5.41, 5.74) is -4.61. The zero-order valence-electron chi connectivity index (χ0n) is 26.8. The molecule has 0 unspecified atom stereocenters. The number of hydrogen-bond donors (Lipinski definition) is 1. The van der Waals surface area contributed by atoms with Crippen LogP contribution in [0.5, 0.6) is 0 Å². The quantitative estimate of drug-likeness (QED) is 0.291. The summed E-state index contributed by atoms with van der Waals surface area (Å²) in [5, 5.41) is 2.32. The average Bonchev–Trinajstić information content (AvgIpc) is 3.42. The van der Waals surface area contributed by atoms with Gasteiger partial charge in [-0.1, -0.05) is 24.3 Å². The summed E-state index contributed by atoms with van der Waals surface area (Å²) >= 11 is 0. The first-order valence-corrected chi connectivity index (χ1v) is 15.9. The van der Waals surface area contributed by atoms with Crippen molar-refractivity contribution in [2.24, 2.45) is 0 Å². The lowest BCUT2D eigenvalue weighted by atomic mass is 9.90. The number of carbonyl (C=O) groups is 3. The fourth-order valence-electron chi connectivity index (χ4n) is 7.01. The maximum atomic E-state index is 15.7. The molecule has 0 bridgehead atoms. The topological polar surface area (TPSA) is 98.3 Å². The number of nitrogens with zero attached hydrogens (tertiary/aromatic N) is 5. The van der Waals surface area contributed by atoms with E-state index in [0.717, 1.165) is 44.1 Å². The number of rotatable bonds is 7. The second kappa shape index (κ2) is 12.0. The highest BCUT2D eigenvalue weighted by Crippen LogP contribution is 2.53. The lowest BCUT2D eigenvalue weighted by molar-refractivity contribution is -0.302. The van der Waals surface area contributed by atoms with Crippen molar-refractivity contribution in [3.8, 4) is 11.1 Å². The normalized spacial score (nSPS) is 22.8. The van der Waals surface area contributed by atoms with Crippen molar-refractivity contribution in [3.63, 3.8) is 0 Å². The third-order valence-electron chi connectivity index (χ3n) is 10.0. The van der Waals surface area contributed by atoms with E-state index in [-0.39, 0.29) is 11.1 Å². The number of pyridine rings is 1. The van der Waals surface area contributed by atoms with Crippen molar-refractivity contribution in [1.29, 1.82) is 0 Å². The van der Waals surface area contributed by atoms with Crippen LogP contribution in [0.2, 0.25) is 0 Å². The van der Waals surface area contributed by atoms with E-state index in [4.69, 9.17) is 4.74 Å². The predicted molar refractivity (Wildman–Crippen MR) is 166 cm³/mol. The molecular formula is C34H32F6N6O4. The van der Waals surface area contributed by atoms with Crippen molar-refractivity contribution in [1.82, 2.24) is 25.0 Å². The largest absolute Gasteiger partial charge is 0.416 e. The number of imide groups is 1. The second-order valence-corrected chi connectivity index (χ2v) is 13.2. The van der Waals surface area contributed by atoms with Crippen LogP contribution in [0.4, 0.5) is 37.0 Å². The third kappa shape index (κ3) is 5.54. The van der Waals surface area contributed by atoms with Crippen LogP contribution in [-0.2, 0) is 32.3 Å². The molecule has 2 aromatic carbocycles. The van der Waals surface area contributed by atoms with E-state index in [2.05, 4.69) is 20.1 Å². The first kappa shape index (κ1) is 33.8. The van der Waals surface area contributed by atoms with Gasteiger partial charge in [-0.2, -0.15) is 13.2 Å². The molecule has 4 amide bonds. The molecule has 4 heterocycles. The fraction of sp³-hybridized carbons (Fsp3) is 0.412. The Bertz CT molecular complexity index is 1830. The molecule has 264 valence electrons. The minimum Gasteiger partial charge on any atom is -0.376 e. The molecular weight excluding hydrogens is 670 g/mol. The molecule has 3 aromatic rings. The highest BCUT2D eigenvalue weighted by atomic mass is 19.4. The molecule has 50 heavy (non-hydrogen) atoms. The molecule has 7 rings (SSSR count). The first-order chi connectivity index (χ1) is 23.6. The standard InChI is InChI=1S/C34H32F6N6O4/c1-43-10-12-44(13-11-43)27-9-5-23(15-41-27)22-4-8-25-26(14-22)33(36,37)18-32(25)29(48)45(30(49)42-32)17-28(47)46(16-21-2-6-24(35)7-3-21)31(19-50-20-31)34(38,39)40/h2-9,14-15H,10-13,16-20H2,1H3,(H,42,49)/t32-/m0/s1. The number of carbonyl (C=O) groups excluding carboxylic acids is 3. The van der Waals surface area contributed by atoms with Gasteiger partial charge in [0.05, 0.1) is 19.6 Å². The number of amides is 4.